The summed E-state index contributed by atoms with van der Waals surface area (Å²) in [7, 11) is 0. The number of rotatable bonds is 5. The fraction of sp³-hybridized carbons (Fsp3) is 0.471. The third-order valence-electron chi connectivity index (χ3n) is 4.20. The Balaban J connectivity index is 2.00. The van der Waals surface area contributed by atoms with Crippen LogP contribution in [0.4, 0.5) is 0 Å². The van der Waals surface area contributed by atoms with E-state index in [4.69, 9.17) is 18.6 Å². The van der Waals surface area contributed by atoms with Gasteiger partial charge in [0.2, 0.25) is 12.0 Å². The highest BCUT2D eigenvalue weighted by Crippen LogP contribution is 2.36. The quantitative estimate of drug-likeness (QED) is 0.408. The van der Waals surface area contributed by atoms with Crippen molar-refractivity contribution in [3.8, 4) is 17.2 Å². The molecule has 0 aliphatic carbocycles. The van der Waals surface area contributed by atoms with Gasteiger partial charge in [0.25, 0.3) is 0 Å². The lowest BCUT2D eigenvalue weighted by atomic mass is 9.99. The molecule has 1 aliphatic heterocycles. The molecule has 0 radical (unpaired) electrons. The molecule has 10 nitrogen and oxygen atoms in total. The van der Waals surface area contributed by atoms with Crippen LogP contribution in [0.2, 0.25) is 0 Å². The summed E-state index contributed by atoms with van der Waals surface area (Å²) >= 11 is 0. The van der Waals surface area contributed by atoms with Gasteiger partial charge < -0.3 is 44.2 Å². The van der Waals surface area contributed by atoms with E-state index in [0.717, 1.165) is 0 Å². The highest BCUT2D eigenvalue weighted by Gasteiger charge is 2.45. The second-order valence-corrected chi connectivity index (χ2v) is 5.97. The Labute approximate surface area is 152 Å². The average molecular weight is 384 g/mol. The van der Waals surface area contributed by atoms with Crippen LogP contribution in [0.1, 0.15) is 6.92 Å². The number of aromatic hydroxyl groups is 1. The van der Waals surface area contributed by atoms with Gasteiger partial charge in [0, 0.05) is 6.07 Å². The van der Waals surface area contributed by atoms with Crippen LogP contribution in [0, 0.1) is 0 Å². The molecule has 148 valence electrons. The van der Waals surface area contributed by atoms with E-state index in [1.807, 2.05) is 0 Å². The van der Waals surface area contributed by atoms with Crippen molar-refractivity contribution >= 4 is 11.0 Å². The van der Waals surface area contributed by atoms with E-state index in [1.165, 1.54) is 12.1 Å². The standard InChI is InChI=1S/C17H20O10/c1-2-24-7-3-4-8-9(5-7)25-16(23)14(22)15(8)27-17-13(21)12(20)11(19)10(6-18)26-17/h3-5,10-13,17-22H,2,6H2,1H3/t10-,11-,12+,13+,17-/m1/s1. The monoisotopic (exact) mass is 384 g/mol. The normalized spacial score (nSPS) is 28.3. The Morgan fingerprint density at radius 3 is 2.56 bits per heavy atom. The van der Waals surface area contributed by atoms with E-state index >= 15 is 0 Å². The molecule has 1 aliphatic rings. The van der Waals surface area contributed by atoms with Crippen molar-refractivity contribution in [2.45, 2.75) is 37.6 Å². The zero-order valence-electron chi connectivity index (χ0n) is 14.3. The number of fused-ring (bicyclic) bond motifs is 1. The first-order valence-corrected chi connectivity index (χ1v) is 8.27. The predicted octanol–water partition coefficient (Wildman–Crippen LogP) is -0.924. The van der Waals surface area contributed by atoms with Crippen molar-refractivity contribution in [1.29, 1.82) is 0 Å². The lowest BCUT2D eigenvalue weighted by Gasteiger charge is -2.39. The summed E-state index contributed by atoms with van der Waals surface area (Å²) in [5.41, 5.74) is -1.03. The molecule has 0 spiro atoms. The van der Waals surface area contributed by atoms with E-state index in [1.54, 1.807) is 13.0 Å². The topological polar surface area (TPSA) is 159 Å². The summed E-state index contributed by atoms with van der Waals surface area (Å²) in [6.45, 7) is 1.53. The molecule has 2 heterocycles. The summed E-state index contributed by atoms with van der Waals surface area (Å²) in [6, 6.07) is 4.47. The molecule has 10 heteroatoms. The molecule has 1 saturated heterocycles. The van der Waals surface area contributed by atoms with Crippen molar-refractivity contribution in [3.05, 3.63) is 28.6 Å². The zero-order valence-corrected chi connectivity index (χ0v) is 14.3. The van der Waals surface area contributed by atoms with E-state index in [0.29, 0.717) is 12.4 Å². The molecule has 0 bridgehead atoms. The third-order valence-corrected chi connectivity index (χ3v) is 4.20. The predicted molar refractivity (Wildman–Crippen MR) is 89.7 cm³/mol. The molecule has 0 amide bonds. The van der Waals surface area contributed by atoms with Crippen molar-refractivity contribution < 1.29 is 44.2 Å². The van der Waals surface area contributed by atoms with Crippen molar-refractivity contribution in [2.75, 3.05) is 13.2 Å². The molecule has 5 atom stereocenters. The molecule has 1 aromatic heterocycles. The Bertz CT molecular complexity index is 861. The summed E-state index contributed by atoms with van der Waals surface area (Å²) < 4.78 is 21.0. The molecule has 0 unspecified atom stereocenters. The van der Waals surface area contributed by atoms with Crippen LogP contribution in [-0.2, 0) is 4.74 Å². The maximum atomic E-state index is 11.9. The van der Waals surface area contributed by atoms with Crippen LogP contribution in [0.15, 0.2) is 27.4 Å². The van der Waals surface area contributed by atoms with Crippen LogP contribution in [0.5, 0.6) is 17.2 Å². The first kappa shape index (κ1) is 19.4. The Hall–Kier alpha value is -2.37. The van der Waals surface area contributed by atoms with Crippen LogP contribution >= 0.6 is 0 Å². The molecule has 1 fully saturated rings. The number of hydrogen-bond donors (Lipinski definition) is 5. The second-order valence-electron chi connectivity index (χ2n) is 5.97. The molecular formula is C17H20O10. The molecule has 3 rings (SSSR count). The third kappa shape index (κ3) is 3.57. The minimum Gasteiger partial charge on any atom is -0.499 e. The summed E-state index contributed by atoms with van der Waals surface area (Å²) in [4.78, 5) is 11.9. The average Bonchev–Trinajstić information content (AvgIpc) is 2.65. The lowest BCUT2D eigenvalue weighted by Crippen LogP contribution is -2.60. The van der Waals surface area contributed by atoms with Crippen LogP contribution in [0.3, 0.4) is 0 Å². The number of hydrogen-bond acceptors (Lipinski definition) is 10. The first-order chi connectivity index (χ1) is 12.9. The Morgan fingerprint density at radius 1 is 1.15 bits per heavy atom. The largest absolute Gasteiger partial charge is 0.499 e. The SMILES string of the molecule is CCOc1ccc2c(O[C@H]3O[C@H](CO)[C@@H](O)[C@H](O)[C@@H]3O)c(O)c(=O)oc2c1. The van der Waals surface area contributed by atoms with Crippen molar-refractivity contribution in [3.63, 3.8) is 0 Å². The maximum absolute atomic E-state index is 11.9. The van der Waals surface area contributed by atoms with Gasteiger partial charge in [-0.25, -0.2) is 4.79 Å². The number of benzene rings is 1. The fourth-order valence-electron chi connectivity index (χ4n) is 2.80. The minimum absolute atomic E-state index is 0.0586. The molecule has 5 N–H and O–H groups in total. The highest BCUT2D eigenvalue weighted by atomic mass is 16.7. The fourth-order valence-corrected chi connectivity index (χ4v) is 2.80. The van der Waals surface area contributed by atoms with E-state index in [9.17, 15) is 30.3 Å². The van der Waals surface area contributed by atoms with Crippen LogP contribution in [0.25, 0.3) is 11.0 Å². The second kappa shape index (κ2) is 7.71. The van der Waals surface area contributed by atoms with Gasteiger partial charge in [-0.15, -0.1) is 0 Å². The number of aliphatic hydroxyl groups excluding tert-OH is 4. The van der Waals surface area contributed by atoms with E-state index in [2.05, 4.69) is 0 Å². The van der Waals surface area contributed by atoms with Gasteiger partial charge in [0.15, 0.2) is 5.75 Å². The number of aliphatic hydroxyl groups is 4. The van der Waals surface area contributed by atoms with Crippen LogP contribution < -0.4 is 15.1 Å². The number of ether oxygens (including phenoxy) is 3. The summed E-state index contributed by atoms with van der Waals surface area (Å²) in [5.74, 6) is -0.769. The van der Waals surface area contributed by atoms with Crippen molar-refractivity contribution in [1.82, 2.24) is 0 Å². The Morgan fingerprint density at radius 2 is 1.89 bits per heavy atom. The van der Waals surface area contributed by atoms with Gasteiger partial charge in [-0.05, 0) is 19.1 Å². The van der Waals surface area contributed by atoms with Gasteiger partial charge in [0.1, 0.15) is 35.7 Å². The van der Waals surface area contributed by atoms with Crippen molar-refractivity contribution in [2.24, 2.45) is 0 Å². The highest BCUT2D eigenvalue weighted by molar-refractivity contribution is 5.86. The molecule has 0 saturated carbocycles. The van der Waals surface area contributed by atoms with Gasteiger partial charge in [-0.2, -0.15) is 0 Å². The lowest BCUT2D eigenvalue weighted by molar-refractivity contribution is -0.277. The van der Waals surface area contributed by atoms with E-state index in [-0.39, 0.29) is 16.7 Å². The van der Waals surface area contributed by atoms with Gasteiger partial charge in [-0.1, -0.05) is 0 Å². The van der Waals surface area contributed by atoms with Gasteiger partial charge in [-0.3, -0.25) is 0 Å². The molecule has 1 aromatic carbocycles. The summed E-state index contributed by atoms with van der Waals surface area (Å²) in [6.07, 6.45) is -7.70. The Kier molecular flexibility index (Phi) is 5.53. The molecular weight excluding hydrogens is 364 g/mol. The first-order valence-electron chi connectivity index (χ1n) is 8.27. The molecule has 2 aromatic rings. The minimum atomic E-state index is -1.70. The van der Waals surface area contributed by atoms with E-state index < -0.39 is 48.7 Å². The van der Waals surface area contributed by atoms with Gasteiger partial charge >= 0.3 is 5.63 Å². The zero-order chi connectivity index (χ0) is 19.7. The smallest absolute Gasteiger partial charge is 0.382 e. The van der Waals surface area contributed by atoms with Gasteiger partial charge in [0.05, 0.1) is 18.6 Å². The molecule has 27 heavy (non-hydrogen) atoms. The summed E-state index contributed by atoms with van der Waals surface area (Å²) in [5, 5.41) is 49.2. The maximum Gasteiger partial charge on any atom is 0.382 e. The van der Waals surface area contributed by atoms with Crippen LogP contribution in [-0.4, -0.2) is 69.5 Å².